The third kappa shape index (κ3) is 4.92. The Bertz CT molecular complexity index is 1310. The van der Waals surface area contributed by atoms with Gasteiger partial charge in [0, 0.05) is 24.8 Å². The van der Waals surface area contributed by atoms with E-state index in [2.05, 4.69) is 15.3 Å². The molecule has 0 aliphatic heterocycles. The lowest BCUT2D eigenvalue weighted by Crippen LogP contribution is -2.32. The summed E-state index contributed by atoms with van der Waals surface area (Å²) in [5.74, 6) is 0.953. The molecular formula is C24H27N7O2. The van der Waals surface area contributed by atoms with Crippen molar-refractivity contribution in [3.8, 4) is 22.8 Å². The van der Waals surface area contributed by atoms with E-state index in [9.17, 15) is 4.79 Å². The molecule has 0 saturated carbocycles. The first kappa shape index (κ1) is 22.2. The summed E-state index contributed by atoms with van der Waals surface area (Å²) < 4.78 is 7.34. The average molecular weight is 446 g/mol. The van der Waals surface area contributed by atoms with Crippen LogP contribution in [0.2, 0.25) is 0 Å². The Morgan fingerprint density at radius 3 is 2.76 bits per heavy atom. The largest absolute Gasteiger partial charge is 0.444 e. The molecule has 0 aliphatic rings. The molecule has 33 heavy (non-hydrogen) atoms. The molecule has 0 fully saturated rings. The van der Waals surface area contributed by atoms with E-state index in [4.69, 9.17) is 20.4 Å². The normalized spacial score (nSPS) is 11.5. The maximum absolute atomic E-state index is 12.0. The number of nitrogens with zero attached hydrogens (tertiary/aromatic N) is 5. The van der Waals surface area contributed by atoms with E-state index in [0.29, 0.717) is 36.1 Å². The van der Waals surface area contributed by atoms with Crippen LogP contribution in [0.25, 0.3) is 33.8 Å². The lowest BCUT2D eigenvalue weighted by Gasteiger charge is -2.19. The van der Waals surface area contributed by atoms with E-state index in [1.165, 1.54) is 0 Å². The van der Waals surface area contributed by atoms with Gasteiger partial charge in [0.05, 0.1) is 23.6 Å². The number of aromatic nitrogens is 5. The van der Waals surface area contributed by atoms with Gasteiger partial charge >= 0.3 is 6.09 Å². The molecule has 0 saturated heterocycles. The first-order valence-corrected chi connectivity index (χ1v) is 10.7. The number of carbonyl (C=O) groups excluding carboxylic acids is 1. The summed E-state index contributed by atoms with van der Waals surface area (Å²) in [6, 6.07) is 9.65. The van der Waals surface area contributed by atoms with Crippen LogP contribution in [0.3, 0.4) is 0 Å². The number of rotatable bonds is 5. The van der Waals surface area contributed by atoms with E-state index in [-0.39, 0.29) is 0 Å². The molecule has 3 N–H and O–H groups in total. The van der Waals surface area contributed by atoms with Crippen LogP contribution in [-0.4, -0.2) is 36.2 Å². The number of pyridine rings is 1. The first-order valence-electron chi connectivity index (χ1n) is 10.7. The zero-order chi connectivity index (χ0) is 23.6. The molecule has 170 valence electrons. The summed E-state index contributed by atoms with van der Waals surface area (Å²) in [5, 5.41) is 2.77. The minimum atomic E-state index is -0.549. The van der Waals surface area contributed by atoms with Gasteiger partial charge in [0.1, 0.15) is 16.8 Å². The summed E-state index contributed by atoms with van der Waals surface area (Å²) >= 11 is 0. The molecule has 9 nitrogen and oxygen atoms in total. The Morgan fingerprint density at radius 1 is 1.18 bits per heavy atom. The van der Waals surface area contributed by atoms with Crippen molar-refractivity contribution in [2.24, 2.45) is 0 Å². The van der Waals surface area contributed by atoms with Gasteiger partial charge < -0.3 is 20.4 Å². The van der Waals surface area contributed by atoms with Crippen LogP contribution in [0.1, 0.15) is 33.3 Å². The Morgan fingerprint density at radius 2 is 2.00 bits per heavy atom. The Labute approximate surface area is 192 Å². The number of fused-ring (bicyclic) bond motifs is 1. The van der Waals surface area contributed by atoms with Crippen LogP contribution in [0.15, 0.2) is 48.9 Å². The number of alkyl carbamates (subject to hydrolysis) is 1. The van der Waals surface area contributed by atoms with Crippen molar-refractivity contribution in [3.63, 3.8) is 0 Å². The molecule has 0 aliphatic carbocycles. The first-order chi connectivity index (χ1) is 15.7. The van der Waals surface area contributed by atoms with Crippen LogP contribution in [-0.2, 0) is 17.8 Å². The highest BCUT2D eigenvalue weighted by molar-refractivity contribution is 5.81. The summed E-state index contributed by atoms with van der Waals surface area (Å²) in [6.45, 7) is 8.55. The maximum atomic E-state index is 12.0. The molecule has 0 radical (unpaired) electrons. The Balaban J connectivity index is 1.64. The van der Waals surface area contributed by atoms with Crippen molar-refractivity contribution >= 4 is 22.9 Å². The molecule has 0 bridgehead atoms. The predicted octanol–water partition coefficient (Wildman–Crippen LogP) is 4.18. The van der Waals surface area contributed by atoms with Crippen molar-refractivity contribution in [2.75, 3.05) is 5.73 Å². The van der Waals surface area contributed by atoms with E-state index in [0.717, 1.165) is 22.2 Å². The molecule has 1 aromatic carbocycles. The monoisotopic (exact) mass is 445 g/mol. The minimum absolute atomic E-state index is 0.305. The quantitative estimate of drug-likeness (QED) is 0.472. The number of carbonyl (C=O) groups is 1. The highest BCUT2D eigenvalue weighted by Gasteiger charge is 2.18. The lowest BCUT2D eigenvalue weighted by molar-refractivity contribution is 0.0523. The van der Waals surface area contributed by atoms with Crippen LogP contribution >= 0.6 is 0 Å². The molecule has 9 heteroatoms. The Kier molecular flexibility index (Phi) is 5.95. The second kappa shape index (κ2) is 8.85. The van der Waals surface area contributed by atoms with Gasteiger partial charge in [0.2, 0.25) is 0 Å². The number of anilines is 1. The number of nitrogen functional groups attached to an aromatic ring is 1. The molecule has 1 amide bonds. The van der Waals surface area contributed by atoms with Crippen molar-refractivity contribution in [1.82, 2.24) is 29.8 Å². The second-order valence-electron chi connectivity index (χ2n) is 8.59. The number of hydrogen-bond donors (Lipinski definition) is 2. The third-order valence-electron chi connectivity index (χ3n) is 4.94. The standard InChI is InChI=1S/C24H27N7O2/c1-5-31-19-9-10-26-13-18(19)30-22(31)20-21(25)27-14-17(29-20)16-8-6-7-15(11-16)12-28-23(32)33-24(2,3)4/h6-11,13-14H,5,12H2,1-4H3,(H2,25,27)(H,28,32). The van der Waals surface area contributed by atoms with Gasteiger partial charge in [-0.1, -0.05) is 18.2 Å². The average Bonchev–Trinajstić information content (AvgIpc) is 3.15. The fraction of sp³-hybridized carbons (Fsp3) is 0.292. The van der Waals surface area contributed by atoms with Gasteiger partial charge in [-0.05, 0) is 45.4 Å². The van der Waals surface area contributed by atoms with Crippen LogP contribution in [0.4, 0.5) is 10.6 Å². The molecule has 3 aromatic heterocycles. The number of amides is 1. The zero-order valence-electron chi connectivity index (χ0n) is 19.2. The minimum Gasteiger partial charge on any atom is -0.444 e. The van der Waals surface area contributed by atoms with Crippen molar-refractivity contribution in [2.45, 2.75) is 46.4 Å². The van der Waals surface area contributed by atoms with Gasteiger partial charge in [-0.25, -0.2) is 19.7 Å². The van der Waals surface area contributed by atoms with E-state index in [1.807, 2.05) is 62.6 Å². The van der Waals surface area contributed by atoms with Crippen LogP contribution in [0.5, 0.6) is 0 Å². The van der Waals surface area contributed by atoms with Crippen molar-refractivity contribution in [1.29, 1.82) is 0 Å². The second-order valence-corrected chi connectivity index (χ2v) is 8.59. The maximum Gasteiger partial charge on any atom is 0.407 e. The number of benzene rings is 1. The molecule has 3 heterocycles. The fourth-order valence-electron chi connectivity index (χ4n) is 3.51. The Hall–Kier alpha value is -4.01. The fourth-order valence-corrected chi connectivity index (χ4v) is 3.51. The number of hydrogen-bond acceptors (Lipinski definition) is 7. The predicted molar refractivity (Wildman–Crippen MR) is 127 cm³/mol. The van der Waals surface area contributed by atoms with Crippen molar-refractivity contribution < 1.29 is 9.53 Å². The summed E-state index contributed by atoms with van der Waals surface area (Å²) in [7, 11) is 0. The SMILES string of the molecule is CCn1c(-c2nc(-c3cccc(CNC(=O)OC(C)(C)C)c3)cnc2N)nc2cnccc21. The van der Waals surface area contributed by atoms with E-state index < -0.39 is 11.7 Å². The summed E-state index contributed by atoms with van der Waals surface area (Å²) in [6.07, 6.45) is 4.64. The molecule has 4 aromatic rings. The topological polar surface area (TPSA) is 121 Å². The number of nitrogens with one attached hydrogen (secondary N) is 1. The number of imidazole rings is 1. The molecule has 0 spiro atoms. The third-order valence-corrected chi connectivity index (χ3v) is 4.94. The number of nitrogens with two attached hydrogens (primary N) is 1. The molecule has 0 unspecified atom stereocenters. The van der Waals surface area contributed by atoms with Gasteiger partial charge in [0.15, 0.2) is 11.6 Å². The van der Waals surface area contributed by atoms with Crippen LogP contribution in [0, 0.1) is 0 Å². The lowest BCUT2D eigenvalue weighted by atomic mass is 10.1. The highest BCUT2D eigenvalue weighted by atomic mass is 16.6. The molecule has 4 rings (SSSR count). The summed E-state index contributed by atoms with van der Waals surface area (Å²) in [5.41, 5.74) is 10.3. The van der Waals surface area contributed by atoms with Gasteiger partial charge in [0.25, 0.3) is 0 Å². The molecule has 0 atom stereocenters. The van der Waals surface area contributed by atoms with Gasteiger partial charge in [-0.3, -0.25) is 4.98 Å². The highest BCUT2D eigenvalue weighted by Crippen LogP contribution is 2.28. The number of aryl methyl sites for hydroxylation is 1. The smallest absolute Gasteiger partial charge is 0.407 e. The zero-order valence-corrected chi connectivity index (χ0v) is 19.2. The molecular weight excluding hydrogens is 418 g/mol. The van der Waals surface area contributed by atoms with E-state index >= 15 is 0 Å². The van der Waals surface area contributed by atoms with Crippen LogP contribution < -0.4 is 11.1 Å². The van der Waals surface area contributed by atoms with Gasteiger partial charge in [-0.2, -0.15) is 0 Å². The summed E-state index contributed by atoms with van der Waals surface area (Å²) in [4.78, 5) is 30.0. The van der Waals surface area contributed by atoms with Gasteiger partial charge in [-0.15, -0.1) is 0 Å². The number of ether oxygens (including phenoxy) is 1. The van der Waals surface area contributed by atoms with E-state index in [1.54, 1.807) is 18.6 Å². The van der Waals surface area contributed by atoms with Crippen molar-refractivity contribution in [3.05, 3.63) is 54.5 Å².